The van der Waals surface area contributed by atoms with Crippen LogP contribution in [0.2, 0.25) is 0 Å². The van der Waals surface area contributed by atoms with Crippen molar-refractivity contribution in [3.05, 3.63) is 139 Å². The molecule has 0 spiro atoms. The van der Waals surface area contributed by atoms with E-state index in [1.54, 1.807) is 0 Å². The van der Waals surface area contributed by atoms with Crippen LogP contribution in [0.25, 0.3) is 49.7 Å². The average Bonchev–Trinajstić information content (AvgIpc) is 3.48. The van der Waals surface area contributed by atoms with Gasteiger partial charge >= 0.3 is 6.85 Å². The summed E-state index contributed by atoms with van der Waals surface area (Å²) in [7, 11) is 0. The second kappa shape index (κ2) is 7.63. The highest BCUT2D eigenvalue weighted by molar-refractivity contribution is 6.93. The minimum absolute atomic E-state index is 0.0353. The quantitative estimate of drug-likeness (QED) is 0.192. The minimum Gasteiger partial charge on any atom is -0.376 e. The van der Waals surface area contributed by atoms with E-state index in [2.05, 4.69) is 151 Å². The number of para-hydroxylation sites is 3. The molecule has 0 radical (unpaired) electrons. The van der Waals surface area contributed by atoms with Gasteiger partial charge in [0.05, 0.1) is 11.0 Å². The summed E-state index contributed by atoms with van der Waals surface area (Å²) in [5, 5.41) is 2.68. The molecule has 0 fully saturated rings. The minimum atomic E-state index is -0.0353. The van der Waals surface area contributed by atoms with E-state index >= 15 is 0 Å². The maximum atomic E-state index is 2.57. The molecule has 0 saturated carbocycles. The first-order valence-electron chi connectivity index (χ1n) is 14.9. The Morgan fingerprint density at radius 1 is 0.548 bits per heavy atom. The zero-order chi connectivity index (χ0) is 27.7. The maximum Gasteiger partial charge on any atom is 0.333 e. The van der Waals surface area contributed by atoms with E-state index in [0.717, 1.165) is 0 Å². The second-order valence-corrected chi connectivity index (χ2v) is 12.5. The largest absolute Gasteiger partial charge is 0.376 e. The number of fused-ring (bicyclic) bond motifs is 11. The highest BCUT2D eigenvalue weighted by atomic mass is 15.1. The summed E-state index contributed by atoms with van der Waals surface area (Å²) in [6, 6.07) is 47.6. The van der Waals surface area contributed by atoms with Crippen LogP contribution in [0.3, 0.4) is 0 Å². The van der Waals surface area contributed by atoms with Crippen molar-refractivity contribution in [2.75, 3.05) is 4.81 Å². The van der Waals surface area contributed by atoms with Crippen molar-refractivity contribution in [3.8, 4) is 27.9 Å². The predicted molar refractivity (Wildman–Crippen MR) is 177 cm³/mol. The first kappa shape index (κ1) is 22.6. The van der Waals surface area contributed by atoms with Gasteiger partial charge in [-0.3, -0.25) is 0 Å². The third kappa shape index (κ3) is 2.59. The zero-order valence-electron chi connectivity index (χ0n) is 23.6. The van der Waals surface area contributed by atoms with Crippen LogP contribution >= 0.6 is 0 Å². The Labute approximate surface area is 245 Å². The molecule has 2 nitrogen and oxygen atoms in total. The molecule has 0 saturated heterocycles. The van der Waals surface area contributed by atoms with E-state index in [9.17, 15) is 0 Å². The van der Waals surface area contributed by atoms with E-state index in [1.165, 1.54) is 83.2 Å². The molecule has 1 aliphatic carbocycles. The third-order valence-corrected chi connectivity index (χ3v) is 10.2. The Morgan fingerprint density at radius 2 is 1.26 bits per heavy atom. The summed E-state index contributed by atoms with van der Waals surface area (Å²) in [4.78, 5) is 2.57. The number of rotatable bonds is 1. The van der Waals surface area contributed by atoms with Crippen molar-refractivity contribution >= 4 is 51.0 Å². The van der Waals surface area contributed by atoms with Gasteiger partial charge in [0.1, 0.15) is 0 Å². The molecule has 2 aliphatic heterocycles. The van der Waals surface area contributed by atoms with Gasteiger partial charge in [-0.1, -0.05) is 105 Å². The van der Waals surface area contributed by atoms with Crippen molar-refractivity contribution in [3.63, 3.8) is 0 Å². The van der Waals surface area contributed by atoms with Gasteiger partial charge in [0.25, 0.3) is 0 Å². The highest BCUT2D eigenvalue weighted by Crippen LogP contribution is 2.52. The number of anilines is 2. The Bertz CT molecular complexity index is 2290. The number of hydrogen-bond donors (Lipinski definition) is 0. The Morgan fingerprint density at radius 3 is 2.12 bits per heavy atom. The summed E-state index contributed by atoms with van der Waals surface area (Å²) < 4.78 is 2.57. The molecule has 0 bridgehead atoms. The van der Waals surface area contributed by atoms with Crippen molar-refractivity contribution in [1.29, 1.82) is 0 Å². The smallest absolute Gasteiger partial charge is 0.333 e. The van der Waals surface area contributed by atoms with Gasteiger partial charge in [-0.2, -0.15) is 0 Å². The molecule has 6 aromatic carbocycles. The van der Waals surface area contributed by atoms with Gasteiger partial charge in [0.2, 0.25) is 0 Å². The topological polar surface area (TPSA) is 8.17 Å². The molecule has 196 valence electrons. The molecule has 3 heterocycles. The summed E-state index contributed by atoms with van der Waals surface area (Å²) >= 11 is 0. The average molecular weight is 534 g/mol. The molecule has 0 unspecified atom stereocenters. The number of nitrogens with zero attached hydrogens (tertiary/aromatic N) is 2. The summed E-state index contributed by atoms with van der Waals surface area (Å²) in [6.45, 7) is 4.84. The maximum absolute atomic E-state index is 2.57. The number of hydrogen-bond acceptors (Lipinski definition) is 1. The molecule has 3 heteroatoms. The van der Waals surface area contributed by atoms with Gasteiger partial charge in [0, 0.05) is 38.8 Å². The van der Waals surface area contributed by atoms with Crippen LogP contribution < -0.4 is 15.7 Å². The molecular weight excluding hydrogens is 507 g/mol. The van der Waals surface area contributed by atoms with Crippen LogP contribution in [0.15, 0.2) is 127 Å². The number of aromatic nitrogens is 1. The number of benzene rings is 6. The lowest BCUT2D eigenvalue weighted by atomic mass is 9.44. The van der Waals surface area contributed by atoms with Crippen LogP contribution in [-0.2, 0) is 5.41 Å². The Kier molecular flexibility index (Phi) is 4.11. The molecule has 0 atom stereocenters. The van der Waals surface area contributed by atoms with Crippen LogP contribution in [0, 0.1) is 0 Å². The SMILES string of the molecule is CC1(C)c2ccccc2-c2cc3c(cc21)c1ccc2c4c1n3-c1ccccc1B4N(c1ccccc1)c1ccccc1-2. The van der Waals surface area contributed by atoms with Gasteiger partial charge in [-0.15, -0.1) is 0 Å². The van der Waals surface area contributed by atoms with E-state index in [-0.39, 0.29) is 12.3 Å². The lowest BCUT2D eigenvalue weighted by Gasteiger charge is -2.41. The van der Waals surface area contributed by atoms with Crippen molar-refractivity contribution in [2.24, 2.45) is 0 Å². The summed E-state index contributed by atoms with van der Waals surface area (Å²) in [5.41, 5.74) is 17.3. The monoisotopic (exact) mass is 534 g/mol. The van der Waals surface area contributed by atoms with Crippen molar-refractivity contribution < 1.29 is 0 Å². The predicted octanol–water partition coefficient (Wildman–Crippen LogP) is 8.33. The van der Waals surface area contributed by atoms with Crippen LogP contribution in [0.4, 0.5) is 11.4 Å². The molecule has 1 aromatic heterocycles. The van der Waals surface area contributed by atoms with Gasteiger partial charge < -0.3 is 9.38 Å². The van der Waals surface area contributed by atoms with E-state index in [0.29, 0.717) is 0 Å². The second-order valence-electron chi connectivity index (χ2n) is 12.5. The lowest BCUT2D eigenvalue weighted by molar-refractivity contribution is 0.661. The normalized spacial score (nSPS) is 15.0. The van der Waals surface area contributed by atoms with Gasteiger partial charge in [0.15, 0.2) is 0 Å². The summed E-state index contributed by atoms with van der Waals surface area (Å²) in [5.74, 6) is 0. The fraction of sp³-hybridized carbons (Fsp3) is 0.0769. The Hall–Kier alpha value is -5.02. The van der Waals surface area contributed by atoms with Gasteiger partial charge in [-0.25, -0.2) is 0 Å². The lowest BCUT2D eigenvalue weighted by Crippen LogP contribution is -2.60. The first-order valence-corrected chi connectivity index (χ1v) is 14.9. The van der Waals surface area contributed by atoms with Crippen LogP contribution in [0.5, 0.6) is 0 Å². The Balaban J connectivity index is 1.39. The first-order chi connectivity index (χ1) is 20.6. The van der Waals surface area contributed by atoms with E-state index in [1.807, 2.05) is 0 Å². The fourth-order valence-corrected chi connectivity index (χ4v) is 8.36. The summed E-state index contributed by atoms with van der Waals surface area (Å²) in [6.07, 6.45) is 0. The van der Waals surface area contributed by atoms with Crippen molar-refractivity contribution in [2.45, 2.75) is 19.3 Å². The standard InChI is InChI=1S/C39H27BN2/c1-39(2)31-16-8-6-14-25(31)29-23-36-30(22-32(29)39)28-21-20-27-26-15-7-10-18-34(26)42(24-12-4-3-5-13-24)40-33-17-9-11-19-35(33)41(36)38(28)37(27)40/h3-23H,1-2H3. The van der Waals surface area contributed by atoms with Crippen LogP contribution in [0.1, 0.15) is 25.0 Å². The molecule has 0 amide bonds. The van der Waals surface area contributed by atoms with E-state index in [4.69, 9.17) is 0 Å². The fourth-order valence-electron chi connectivity index (χ4n) is 8.36. The third-order valence-electron chi connectivity index (χ3n) is 10.2. The molecule has 0 N–H and O–H groups in total. The van der Waals surface area contributed by atoms with E-state index < -0.39 is 0 Å². The molecule has 7 aromatic rings. The molecular formula is C39H27BN2. The molecule has 42 heavy (non-hydrogen) atoms. The zero-order valence-corrected chi connectivity index (χ0v) is 23.6. The van der Waals surface area contributed by atoms with Crippen molar-refractivity contribution in [1.82, 2.24) is 4.57 Å². The van der Waals surface area contributed by atoms with Gasteiger partial charge in [-0.05, 0) is 75.1 Å². The molecule has 3 aliphatic rings. The molecule has 10 rings (SSSR count). The highest BCUT2D eigenvalue weighted by Gasteiger charge is 2.44. The van der Waals surface area contributed by atoms with Crippen LogP contribution in [-0.4, -0.2) is 11.4 Å².